The van der Waals surface area contributed by atoms with Crippen molar-refractivity contribution in [1.82, 2.24) is 4.98 Å². The monoisotopic (exact) mass is 241 g/mol. The number of esters is 1. The van der Waals surface area contributed by atoms with Gasteiger partial charge in [0.15, 0.2) is 0 Å². The van der Waals surface area contributed by atoms with Crippen molar-refractivity contribution in [2.45, 2.75) is 26.7 Å². The summed E-state index contributed by atoms with van der Waals surface area (Å²) in [5, 5.41) is 0.302. The van der Waals surface area contributed by atoms with Gasteiger partial charge in [0.1, 0.15) is 10.8 Å². The van der Waals surface area contributed by atoms with Crippen LogP contribution in [-0.4, -0.2) is 17.6 Å². The van der Waals surface area contributed by atoms with Gasteiger partial charge < -0.3 is 4.74 Å². The Hall–Kier alpha value is -1.09. The van der Waals surface area contributed by atoms with Crippen LogP contribution in [0.25, 0.3) is 0 Å². The Balaban J connectivity index is 2.35. The lowest BCUT2D eigenvalue weighted by Gasteiger charge is -2.06. The average molecular weight is 242 g/mol. The quantitative estimate of drug-likeness (QED) is 0.451. The van der Waals surface area contributed by atoms with E-state index in [1.807, 2.05) is 0 Å². The van der Waals surface area contributed by atoms with Crippen molar-refractivity contribution < 1.29 is 9.53 Å². The molecule has 0 aliphatic carbocycles. The van der Waals surface area contributed by atoms with E-state index in [0.29, 0.717) is 17.7 Å². The molecule has 0 atom stereocenters. The van der Waals surface area contributed by atoms with Crippen molar-refractivity contribution in [2.75, 3.05) is 6.61 Å². The molecule has 4 heteroatoms. The lowest BCUT2D eigenvalue weighted by Crippen LogP contribution is -2.08. The molecular formula is C12H16ClNO2. The normalized spacial score (nSPS) is 10.5. The topological polar surface area (TPSA) is 39.2 Å². The van der Waals surface area contributed by atoms with E-state index in [4.69, 9.17) is 16.3 Å². The fourth-order valence-corrected chi connectivity index (χ4v) is 1.42. The van der Waals surface area contributed by atoms with Crippen LogP contribution < -0.4 is 0 Å². The molecule has 0 saturated carbocycles. The zero-order chi connectivity index (χ0) is 12.0. The molecule has 1 aromatic rings. The molecule has 0 N–H and O–H groups in total. The second-order valence-electron chi connectivity index (χ2n) is 4.02. The Morgan fingerprint density at radius 1 is 1.50 bits per heavy atom. The van der Waals surface area contributed by atoms with Gasteiger partial charge in [0, 0.05) is 0 Å². The number of aromatic nitrogens is 1. The summed E-state index contributed by atoms with van der Waals surface area (Å²) in [6.07, 6.45) is 1.93. The van der Waals surface area contributed by atoms with Gasteiger partial charge in [0.25, 0.3) is 0 Å². The van der Waals surface area contributed by atoms with Crippen molar-refractivity contribution in [3.8, 4) is 0 Å². The number of pyridine rings is 1. The SMILES string of the molecule is CC(C)CCCOC(=O)c1cccc(Cl)n1. The maximum absolute atomic E-state index is 11.5. The summed E-state index contributed by atoms with van der Waals surface area (Å²) in [5.41, 5.74) is 0.261. The third kappa shape index (κ3) is 4.62. The van der Waals surface area contributed by atoms with Crippen molar-refractivity contribution in [3.05, 3.63) is 29.0 Å². The number of halogens is 1. The Morgan fingerprint density at radius 3 is 2.88 bits per heavy atom. The Bertz CT molecular complexity index is 353. The van der Waals surface area contributed by atoms with Gasteiger partial charge in [0.2, 0.25) is 0 Å². The average Bonchev–Trinajstić information content (AvgIpc) is 2.24. The minimum Gasteiger partial charge on any atom is -0.461 e. The molecule has 1 heterocycles. The van der Waals surface area contributed by atoms with Crippen molar-refractivity contribution in [1.29, 1.82) is 0 Å². The van der Waals surface area contributed by atoms with Crippen LogP contribution in [0.3, 0.4) is 0 Å². The molecule has 88 valence electrons. The fraction of sp³-hybridized carbons (Fsp3) is 0.500. The molecule has 0 radical (unpaired) electrons. The highest BCUT2D eigenvalue weighted by Crippen LogP contribution is 2.07. The summed E-state index contributed by atoms with van der Waals surface area (Å²) >= 11 is 5.67. The minimum absolute atomic E-state index is 0.261. The number of carbonyl (C=O) groups excluding carboxylic acids is 1. The van der Waals surface area contributed by atoms with E-state index in [2.05, 4.69) is 18.8 Å². The first-order valence-electron chi connectivity index (χ1n) is 5.39. The van der Waals surface area contributed by atoms with E-state index in [0.717, 1.165) is 12.8 Å². The summed E-state index contributed by atoms with van der Waals surface area (Å²) in [4.78, 5) is 15.4. The Labute approximate surface area is 101 Å². The third-order valence-electron chi connectivity index (χ3n) is 2.08. The summed E-state index contributed by atoms with van der Waals surface area (Å²) in [7, 11) is 0. The molecule has 3 nitrogen and oxygen atoms in total. The summed E-state index contributed by atoms with van der Waals surface area (Å²) in [6.45, 7) is 4.71. The third-order valence-corrected chi connectivity index (χ3v) is 2.29. The lowest BCUT2D eigenvalue weighted by atomic mass is 10.1. The number of hydrogen-bond donors (Lipinski definition) is 0. The molecule has 0 amide bonds. The highest BCUT2D eigenvalue weighted by molar-refractivity contribution is 6.29. The highest BCUT2D eigenvalue weighted by Gasteiger charge is 2.08. The number of rotatable bonds is 5. The Morgan fingerprint density at radius 2 is 2.25 bits per heavy atom. The van der Waals surface area contributed by atoms with E-state index < -0.39 is 5.97 Å². The lowest BCUT2D eigenvalue weighted by molar-refractivity contribution is 0.0488. The molecule has 1 aromatic heterocycles. The molecule has 0 fully saturated rings. The van der Waals surface area contributed by atoms with Crippen LogP contribution in [-0.2, 0) is 4.74 Å². The van der Waals surface area contributed by atoms with Gasteiger partial charge in [-0.05, 0) is 30.9 Å². The largest absolute Gasteiger partial charge is 0.461 e. The van der Waals surface area contributed by atoms with Crippen LogP contribution in [0.2, 0.25) is 5.15 Å². The van der Waals surface area contributed by atoms with Crippen LogP contribution in [0.5, 0.6) is 0 Å². The molecule has 0 saturated heterocycles. The number of ether oxygens (including phenoxy) is 1. The first-order valence-corrected chi connectivity index (χ1v) is 5.77. The zero-order valence-corrected chi connectivity index (χ0v) is 10.3. The van der Waals surface area contributed by atoms with Gasteiger partial charge in [-0.3, -0.25) is 0 Å². The summed E-state index contributed by atoms with van der Waals surface area (Å²) in [6, 6.07) is 4.90. The van der Waals surface area contributed by atoms with Gasteiger partial charge in [-0.1, -0.05) is 31.5 Å². The second kappa shape index (κ2) is 6.48. The molecule has 0 spiro atoms. The Kier molecular flexibility index (Phi) is 5.26. The van der Waals surface area contributed by atoms with E-state index in [1.165, 1.54) is 0 Å². The van der Waals surface area contributed by atoms with Gasteiger partial charge >= 0.3 is 5.97 Å². The maximum atomic E-state index is 11.5. The smallest absolute Gasteiger partial charge is 0.356 e. The van der Waals surface area contributed by atoms with Gasteiger partial charge in [-0.25, -0.2) is 9.78 Å². The van der Waals surface area contributed by atoms with Crippen LogP contribution >= 0.6 is 11.6 Å². The molecule has 0 bridgehead atoms. The predicted octanol–water partition coefficient (Wildman–Crippen LogP) is 3.33. The standard InChI is InChI=1S/C12H16ClNO2/c1-9(2)5-4-8-16-12(15)10-6-3-7-11(13)14-10/h3,6-7,9H,4-5,8H2,1-2H3. The van der Waals surface area contributed by atoms with E-state index in [-0.39, 0.29) is 5.69 Å². The fourth-order valence-electron chi connectivity index (χ4n) is 1.25. The van der Waals surface area contributed by atoms with Crippen LogP contribution in [0.4, 0.5) is 0 Å². The molecule has 0 unspecified atom stereocenters. The molecular weight excluding hydrogens is 226 g/mol. The van der Waals surface area contributed by atoms with Crippen molar-refractivity contribution in [3.63, 3.8) is 0 Å². The molecule has 16 heavy (non-hydrogen) atoms. The van der Waals surface area contributed by atoms with Crippen LogP contribution in [0, 0.1) is 5.92 Å². The first kappa shape index (κ1) is 13.0. The number of carbonyl (C=O) groups is 1. The van der Waals surface area contributed by atoms with E-state index >= 15 is 0 Å². The van der Waals surface area contributed by atoms with Gasteiger partial charge in [-0.15, -0.1) is 0 Å². The zero-order valence-electron chi connectivity index (χ0n) is 9.57. The summed E-state index contributed by atoms with van der Waals surface area (Å²) in [5.74, 6) is 0.217. The first-order chi connectivity index (χ1) is 7.59. The predicted molar refractivity (Wildman–Crippen MR) is 63.6 cm³/mol. The second-order valence-corrected chi connectivity index (χ2v) is 4.40. The van der Waals surface area contributed by atoms with Crippen molar-refractivity contribution >= 4 is 17.6 Å². The minimum atomic E-state index is -0.411. The van der Waals surface area contributed by atoms with E-state index in [1.54, 1.807) is 18.2 Å². The maximum Gasteiger partial charge on any atom is 0.356 e. The van der Waals surface area contributed by atoms with Crippen molar-refractivity contribution in [2.24, 2.45) is 5.92 Å². The highest BCUT2D eigenvalue weighted by atomic mass is 35.5. The molecule has 0 aliphatic heterocycles. The summed E-state index contributed by atoms with van der Waals surface area (Å²) < 4.78 is 5.07. The number of hydrogen-bond acceptors (Lipinski definition) is 3. The molecule has 0 aromatic carbocycles. The van der Waals surface area contributed by atoms with Crippen LogP contribution in [0.15, 0.2) is 18.2 Å². The number of nitrogens with zero attached hydrogens (tertiary/aromatic N) is 1. The van der Waals surface area contributed by atoms with Gasteiger partial charge in [-0.2, -0.15) is 0 Å². The van der Waals surface area contributed by atoms with Gasteiger partial charge in [0.05, 0.1) is 6.61 Å². The molecule has 1 rings (SSSR count). The van der Waals surface area contributed by atoms with Crippen LogP contribution in [0.1, 0.15) is 37.2 Å². The van der Waals surface area contributed by atoms with E-state index in [9.17, 15) is 4.79 Å². The molecule has 0 aliphatic rings.